The van der Waals surface area contributed by atoms with Crippen LogP contribution in [0.4, 0.5) is 5.13 Å². The molecule has 0 spiro atoms. The third-order valence-electron chi connectivity index (χ3n) is 4.89. The first-order valence-electron chi connectivity index (χ1n) is 9.72. The summed E-state index contributed by atoms with van der Waals surface area (Å²) in [7, 11) is 3.16. The molecule has 2 aromatic carbocycles. The summed E-state index contributed by atoms with van der Waals surface area (Å²) in [5.74, 6) is 1.05. The molecule has 30 heavy (non-hydrogen) atoms. The summed E-state index contributed by atoms with van der Waals surface area (Å²) < 4.78 is 11.7. The van der Waals surface area contributed by atoms with E-state index in [1.54, 1.807) is 37.3 Å². The molecule has 0 unspecified atom stereocenters. The Hall–Kier alpha value is -2.35. The molecule has 0 aliphatic heterocycles. The number of carbonyl (C=O) groups excluding carboxylic acids is 1. The van der Waals surface area contributed by atoms with Crippen LogP contribution in [0, 0.1) is 0 Å². The smallest absolute Gasteiger partial charge is 0.260 e. The number of fused-ring (bicyclic) bond motifs is 1. The first-order chi connectivity index (χ1) is 14.1. The van der Waals surface area contributed by atoms with Gasteiger partial charge in [-0.3, -0.25) is 9.69 Å². The number of hydrogen-bond acceptors (Lipinski definition) is 6. The second-order valence-electron chi connectivity index (χ2n) is 6.55. The molecule has 8 heteroatoms. The van der Waals surface area contributed by atoms with E-state index in [4.69, 9.17) is 14.5 Å². The number of rotatable bonds is 9. The Morgan fingerprint density at radius 2 is 1.63 bits per heavy atom. The quantitative estimate of drug-likeness (QED) is 0.473. The van der Waals surface area contributed by atoms with Crippen LogP contribution in [0.5, 0.6) is 11.5 Å². The lowest BCUT2D eigenvalue weighted by Gasteiger charge is -2.25. The van der Waals surface area contributed by atoms with Gasteiger partial charge in [0.15, 0.2) is 5.13 Å². The highest BCUT2D eigenvalue weighted by atomic mass is 35.5. The molecule has 3 aromatic rings. The van der Waals surface area contributed by atoms with Gasteiger partial charge in [0.1, 0.15) is 11.5 Å². The molecule has 1 amide bonds. The average molecular weight is 450 g/mol. The van der Waals surface area contributed by atoms with Crippen molar-refractivity contribution >= 4 is 45.0 Å². The Kier molecular flexibility index (Phi) is 8.89. The number of hydrogen-bond donors (Lipinski definition) is 0. The van der Waals surface area contributed by atoms with Crippen LogP contribution in [0.1, 0.15) is 24.2 Å². The molecule has 0 aliphatic rings. The van der Waals surface area contributed by atoms with E-state index in [-0.39, 0.29) is 18.3 Å². The lowest BCUT2D eigenvalue weighted by Crippen LogP contribution is -2.38. The van der Waals surface area contributed by atoms with Gasteiger partial charge >= 0.3 is 0 Å². The zero-order valence-corrected chi connectivity index (χ0v) is 19.4. The van der Waals surface area contributed by atoms with Gasteiger partial charge in [-0.15, -0.1) is 12.4 Å². The van der Waals surface area contributed by atoms with E-state index < -0.39 is 0 Å². The molecular weight excluding hydrogens is 422 g/mol. The predicted octanol–water partition coefficient (Wildman–Crippen LogP) is 4.72. The summed E-state index contributed by atoms with van der Waals surface area (Å²) in [6.07, 6.45) is 0. The highest BCUT2D eigenvalue weighted by molar-refractivity contribution is 7.22. The minimum absolute atomic E-state index is 0. The fourth-order valence-corrected chi connectivity index (χ4v) is 4.12. The number of nitrogens with zero attached hydrogens (tertiary/aromatic N) is 3. The normalized spacial score (nSPS) is 10.7. The van der Waals surface area contributed by atoms with E-state index in [2.05, 4.69) is 18.7 Å². The van der Waals surface area contributed by atoms with Gasteiger partial charge < -0.3 is 14.4 Å². The molecule has 3 rings (SSSR count). The maximum absolute atomic E-state index is 13.5. The molecule has 0 saturated carbocycles. The number of ether oxygens (including phenoxy) is 2. The Morgan fingerprint density at radius 3 is 2.20 bits per heavy atom. The Morgan fingerprint density at radius 1 is 1.00 bits per heavy atom. The van der Waals surface area contributed by atoms with Crippen molar-refractivity contribution in [2.24, 2.45) is 0 Å². The van der Waals surface area contributed by atoms with E-state index in [1.807, 2.05) is 24.3 Å². The van der Waals surface area contributed by atoms with Crippen LogP contribution >= 0.6 is 23.7 Å². The largest absolute Gasteiger partial charge is 0.497 e. The van der Waals surface area contributed by atoms with Crippen molar-refractivity contribution in [2.75, 3.05) is 45.3 Å². The van der Waals surface area contributed by atoms with Crippen LogP contribution in [0.3, 0.4) is 0 Å². The van der Waals surface area contributed by atoms with Gasteiger partial charge in [0.25, 0.3) is 5.91 Å². The highest BCUT2D eigenvalue weighted by Gasteiger charge is 2.23. The van der Waals surface area contributed by atoms with Crippen molar-refractivity contribution in [1.29, 1.82) is 0 Å². The molecule has 0 bridgehead atoms. The van der Waals surface area contributed by atoms with Crippen molar-refractivity contribution < 1.29 is 14.3 Å². The van der Waals surface area contributed by atoms with E-state index in [1.165, 1.54) is 11.3 Å². The van der Waals surface area contributed by atoms with Crippen LogP contribution in [0.2, 0.25) is 0 Å². The van der Waals surface area contributed by atoms with Crippen LogP contribution < -0.4 is 14.4 Å². The lowest BCUT2D eigenvalue weighted by atomic mass is 10.1. The SMILES string of the molecule is CCN(CC)CCN(C(=O)c1cc(OC)cc(OC)c1)c1nc2ccccc2s1.Cl. The van der Waals surface area contributed by atoms with Gasteiger partial charge in [0, 0.05) is 24.7 Å². The molecule has 1 heterocycles. The minimum atomic E-state index is -0.117. The number of para-hydroxylation sites is 1. The fourth-order valence-electron chi connectivity index (χ4n) is 3.13. The molecular formula is C22H28ClN3O3S. The van der Waals surface area contributed by atoms with Crippen LogP contribution in [0.15, 0.2) is 42.5 Å². The number of anilines is 1. The summed E-state index contributed by atoms with van der Waals surface area (Å²) >= 11 is 1.53. The maximum Gasteiger partial charge on any atom is 0.260 e. The second kappa shape index (κ2) is 11.2. The average Bonchev–Trinajstić information content (AvgIpc) is 3.19. The van der Waals surface area contributed by atoms with Gasteiger partial charge in [-0.2, -0.15) is 0 Å². The summed E-state index contributed by atoms with van der Waals surface area (Å²) in [6, 6.07) is 13.2. The molecule has 6 nitrogen and oxygen atoms in total. The van der Waals surface area contributed by atoms with E-state index in [9.17, 15) is 4.79 Å². The van der Waals surface area contributed by atoms with Gasteiger partial charge in [0.05, 0.1) is 24.4 Å². The van der Waals surface area contributed by atoms with Crippen molar-refractivity contribution in [3.63, 3.8) is 0 Å². The van der Waals surface area contributed by atoms with Gasteiger partial charge in [0.2, 0.25) is 0 Å². The van der Waals surface area contributed by atoms with Crippen LogP contribution in [0.25, 0.3) is 10.2 Å². The summed E-state index contributed by atoms with van der Waals surface area (Å²) in [4.78, 5) is 22.3. The topological polar surface area (TPSA) is 54.9 Å². The summed E-state index contributed by atoms with van der Waals surface area (Å²) in [5, 5.41) is 0.699. The van der Waals surface area contributed by atoms with Crippen molar-refractivity contribution in [3.05, 3.63) is 48.0 Å². The minimum Gasteiger partial charge on any atom is -0.497 e. The number of methoxy groups -OCH3 is 2. The van der Waals surface area contributed by atoms with Crippen molar-refractivity contribution in [2.45, 2.75) is 13.8 Å². The number of amides is 1. The number of carbonyl (C=O) groups is 1. The second-order valence-corrected chi connectivity index (χ2v) is 7.56. The summed E-state index contributed by atoms with van der Waals surface area (Å²) in [5.41, 5.74) is 1.41. The number of likely N-dealkylation sites (N-methyl/N-ethyl adjacent to an activating group) is 1. The zero-order valence-electron chi connectivity index (χ0n) is 17.8. The molecule has 162 valence electrons. The number of benzene rings is 2. The van der Waals surface area contributed by atoms with Crippen molar-refractivity contribution in [3.8, 4) is 11.5 Å². The molecule has 0 radical (unpaired) electrons. The van der Waals surface area contributed by atoms with Gasteiger partial charge in [-0.1, -0.05) is 37.3 Å². The molecule has 0 N–H and O–H groups in total. The molecule has 0 aliphatic carbocycles. The van der Waals surface area contributed by atoms with Crippen LogP contribution in [-0.4, -0.2) is 56.2 Å². The Balaban J connectivity index is 0.00000320. The summed E-state index contributed by atoms with van der Waals surface area (Å²) in [6.45, 7) is 7.45. The Labute approximate surface area is 187 Å². The third kappa shape index (κ3) is 5.41. The van der Waals surface area contributed by atoms with E-state index in [0.717, 1.165) is 29.9 Å². The standard InChI is InChI=1S/C22H27N3O3S.ClH/c1-5-24(6-2)11-12-25(22-23-19-9-7-8-10-20(19)29-22)21(26)16-13-17(27-3)15-18(14-16)28-4;/h7-10,13-15H,5-6,11-12H2,1-4H3;1H. The molecule has 0 fully saturated rings. The monoisotopic (exact) mass is 449 g/mol. The third-order valence-corrected chi connectivity index (χ3v) is 5.95. The first kappa shape index (κ1) is 23.9. The maximum atomic E-state index is 13.5. The molecule has 1 aromatic heterocycles. The molecule has 0 saturated heterocycles. The predicted molar refractivity (Wildman–Crippen MR) is 126 cm³/mol. The van der Waals surface area contributed by atoms with Crippen LogP contribution in [-0.2, 0) is 0 Å². The fraction of sp³-hybridized carbons (Fsp3) is 0.364. The molecule has 0 atom stereocenters. The zero-order chi connectivity index (χ0) is 20.8. The highest BCUT2D eigenvalue weighted by Crippen LogP contribution is 2.31. The number of aromatic nitrogens is 1. The van der Waals surface area contributed by atoms with Crippen molar-refractivity contribution in [1.82, 2.24) is 9.88 Å². The van der Waals surface area contributed by atoms with E-state index in [0.29, 0.717) is 28.7 Å². The van der Waals surface area contributed by atoms with Gasteiger partial charge in [-0.05, 0) is 37.4 Å². The van der Waals surface area contributed by atoms with Gasteiger partial charge in [-0.25, -0.2) is 4.98 Å². The first-order valence-corrected chi connectivity index (χ1v) is 10.5. The number of halogens is 1. The van der Waals surface area contributed by atoms with E-state index >= 15 is 0 Å². The lowest BCUT2D eigenvalue weighted by molar-refractivity contribution is 0.0983. The Bertz CT molecular complexity index is 920. The number of thiazole rings is 1.